The third-order valence-corrected chi connectivity index (χ3v) is 3.49. The first-order valence-corrected chi connectivity index (χ1v) is 7.09. The summed E-state index contributed by atoms with van der Waals surface area (Å²) in [6.45, 7) is 2.34. The zero-order valence-corrected chi connectivity index (χ0v) is 12.5. The number of carboxylic acid groups (broad SMARTS) is 1. The third kappa shape index (κ3) is 3.21. The van der Waals surface area contributed by atoms with Crippen LogP contribution < -0.4 is 5.32 Å². The number of hydrogen-bond acceptors (Lipinski definition) is 5. The van der Waals surface area contributed by atoms with E-state index in [4.69, 9.17) is 9.63 Å². The van der Waals surface area contributed by atoms with Gasteiger partial charge in [-0.25, -0.2) is 9.78 Å². The quantitative estimate of drug-likeness (QED) is 0.751. The lowest BCUT2D eigenvalue weighted by Crippen LogP contribution is -2.04. The molecule has 0 aliphatic carbocycles. The van der Waals surface area contributed by atoms with E-state index in [2.05, 4.69) is 15.5 Å². The van der Waals surface area contributed by atoms with Gasteiger partial charge >= 0.3 is 5.97 Å². The molecule has 0 saturated heterocycles. The van der Waals surface area contributed by atoms with Crippen molar-refractivity contribution in [2.24, 2.45) is 0 Å². The van der Waals surface area contributed by atoms with Crippen LogP contribution in [0.5, 0.6) is 0 Å². The summed E-state index contributed by atoms with van der Waals surface area (Å²) in [6, 6.07) is 12.9. The number of anilines is 1. The number of aromatic carboxylic acids is 1. The molecule has 0 radical (unpaired) electrons. The number of nitrogens with one attached hydrogen (secondary N) is 1. The lowest BCUT2D eigenvalue weighted by Gasteiger charge is -2.06. The summed E-state index contributed by atoms with van der Waals surface area (Å²) in [6.07, 6.45) is 1.32. The third-order valence-electron chi connectivity index (χ3n) is 3.49. The van der Waals surface area contributed by atoms with Crippen LogP contribution in [0.15, 0.2) is 53.2 Å². The second-order valence-corrected chi connectivity index (χ2v) is 5.02. The first kappa shape index (κ1) is 14.8. The van der Waals surface area contributed by atoms with Gasteiger partial charge in [0, 0.05) is 23.9 Å². The predicted molar refractivity (Wildman–Crippen MR) is 85.2 cm³/mol. The van der Waals surface area contributed by atoms with Crippen molar-refractivity contribution in [3.8, 4) is 11.3 Å². The Hall–Kier alpha value is -3.15. The van der Waals surface area contributed by atoms with Crippen molar-refractivity contribution in [1.29, 1.82) is 0 Å². The Labute approximate surface area is 132 Å². The van der Waals surface area contributed by atoms with Crippen LogP contribution in [0.2, 0.25) is 0 Å². The van der Waals surface area contributed by atoms with E-state index in [9.17, 15) is 4.79 Å². The van der Waals surface area contributed by atoms with Crippen molar-refractivity contribution in [3.05, 3.63) is 65.5 Å². The molecule has 3 rings (SSSR count). The van der Waals surface area contributed by atoms with Gasteiger partial charge in [0.05, 0.1) is 5.56 Å². The zero-order valence-electron chi connectivity index (χ0n) is 12.5. The van der Waals surface area contributed by atoms with E-state index >= 15 is 0 Å². The maximum atomic E-state index is 10.8. The maximum Gasteiger partial charge on any atom is 0.337 e. The molecular weight excluding hydrogens is 294 g/mol. The van der Waals surface area contributed by atoms with Crippen LogP contribution in [0.1, 0.15) is 21.7 Å². The average molecular weight is 309 g/mol. The molecule has 0 spiro atoms. The standard InChI is InChI=1S/C17H15N3O3/c1-11-14(16(20-23-11)12-5-3-2-4-6-12)10-19-15-8-7-13(9-18-15)17(21)22/h2-9H,10H2,1H3,(H,18,19)(H,21,22). The van der Waals surface area contributed by atoms with Crippen molar-refractivity contribution in [2.75, 3.05) is 5.32 Å². The van der Waals surface area contributed by atoms with Crippen molar-refractivity contribution in [3.63, 3.8) is 0 Å². The first-order chi connectivity index (χ1) is 11.1. The molecule has 2 heterocycles. The normalized spacial score (nSPS) is 10.5. The van der Waals surface area contributed by atoms with Crippen molar-refractivity contribution >= 4 is 11.8 Å². The van der Waals surface area contributed by atoms with Gasteiger partial charge in [-0.2, -0.15) is 0 Å². The van der Waals surface area contributed by atoms with Gasteiger partial charge in [0.15, 0.2) is 0 Å². The Balaban J connectivity index is 1.78. The van der Waals surface area contributed by atoms with E-state index in [0.717, 1.165) is 22.6 Å². The van der Waals surface area contributed by atoms with E-state index in [0.29, 0.717) is 12.4 Å². The topological polar surface area (TPSA) is 88.2 Å². The van der Waals surface area contributed by atoms with E-state index < -0.39 is 5.97 Å². The number of nitrogens with zero attached hydrogens (tertiary/aromatic N) is 2. The monoisotopic (exact) mass is 309 g/mol. The van der Waals surface area contributed by atoms with Crippen LogP contribution in [0.3, 0.4) is 0 Å². The fraction of sp³-hybridized carbons (Fsp3) is 0.118. The summed E-state index contributed by atoms with van der Waals surface area (Å²) >= 11 is 0. The van der Waals surface area contributed by atoms with Gasteiger partial charge in [0.2, 0.25) is 0 Å². The molecule has 0 saturated carbocycles. The SMILES string of the molecule is Cc1onc(-c2ccccc2)c1CNc1ccc(C(=O)O)cn1. The Morgan fingerprint density at radius 2 is 2.00 bits per heavy atom. The largest absolute Gasteiger partial charge is 0.478 e. The molecule has 0 amide bonds. The maximum absolute atomic E-state index is 10.8. The zero-order chi connectivity index (χ0) is 16.2. The van der Waals surface area contributed by atoms with Crippen LogP contribution >= 0.6 is 0 Å². The Morgan fingerprint density at radius 1 is 1.22 bits per heavy atom. The highest BCUT2D eigenvalue weighted by molar-refractivity contribution is 5.87. The number of benzene rings is 1. The highest BCUT2D eigenvalue weighted by Crippen LogP contribution is 2.25. The highest BCUT2D eigenvalue weighted by atomic mass is 16.5. The highest BCUT2D eigenvalue weighted by Gasteiger charge is 2.14. The minimum atomic E-state index is -0.995. The molecule has 0 bridgehead atoms. The van der Waals surface area contributed by atoms with E-state index in [1.807, 2.05) is 37.3 Å². The van der Waals surface area contributed by atoms with Gasteiger partial charge in [-0.1, -0.05) is 35.5 Å². The van der Waals surface area contributed by atoms with Gasteiger partial charge < -0.3 is 14.9 Å². The lowest BCUT2D eigenvalue weighted by molar-refractivity contribution is 0.0696. The summed E-state index contributed by atoms with van der Waals surface area (Å²) in [5.41, 5.74) is 2.87. The molecule has 2 N–H and O–H groups in total. The molecule has 0 aliphatic heterocycles. The van der Waals surface area contributed by atoms with Gasteiger partial charge in [-0.05, 0) is 19.1 Å². The summed E-state index contributed by atoms with van der Waals surface area (Å²) < 4.78 is 5.30. The van der Waals surface area contributed by atoms with E-state index in [1.165, 1.54) is 12.3 Å². The Morgan fingerprint density at radius 3 is 2.65 bits per heavy atom. The fourth-order valence-corrected chi connectivity index (χ4v) is 2.23. The van der Waals surface area contributed by atoms with Crippen LogP contribution in [-0.2, 0) is 6.54 Å². The molecule has 116 valence electrons. The molecule has 23 heavy (non-hydrogen) atoms. The smallest absolute Gasteiger partial charge is 0.337 e. The number of aromatic nitrogens is 2. The molecule has 3 aromatic rings. The molecule has 0 unspecified atom stereocenters. The van der Waals surface area contributed by atoms with E-state index in [1.54, 1.807) is 6.07 Å². The lowest BCUT2D eigenvalue weighted by atomic mass is 10.1. The molecule has 0 atom stereocenters. The van der Waals surface area contributed by atoms with Crippen molar-refractivity contribution in [1.82, 2.24) is 10.1 Å². The minimum Gasteiger partial charge on any atom is -0.478 e. The summed E-state index contributed by atoms with van der Waals surface area (Å²) in [4.78, 5) is 14.9. The molecule has 2 aromatic heterocycles. The summed E-state index contributed by atoms with van der Waals surface area (Å²) in [7, 11) is 0. The number of rotatable bonds is 5. The van der Waals surface area contributed by atoms with Crippen molar-refractivity contribution < 1.29 is 14.4 Å². The average Bonchev–Trinajstić information content (AvgIpc) is 2.95. The van der Waals surface area contributed by atoms with E-state index in [-0.39, 0.29) is 5.56 Å². The Bertz CT molecular complexity index is 811. The Kier molecular flexibility index (Phi) is 4.05. The van der Waals surface area contributed by atoms with Crippen LogP contribution in [0, 0.1) is 6.92 Å². The minimum absolute atomic E-state index is 0.154. The molecule has 6 heteroatoms. The number of pyridine rings is 1. The van der Waals surface area contributed by atoms with Crippen molar-refractivity contribution in [2.45, 2.75) is 13.5 Å². The predicted octanol–water partition coefficient (Wildman–Crippen LogP) is 3.36. The van der Waals surface area contributed by atoms with Gasteiger partial charge in [-0.3, -0.25) is 0 Å². The van der Waals surface area contributed by atoms with Crippen LogP contribution in [0.25, 0.3) is 11.3 Å². The summed E-state index contributed by atoms with van der Waals surface area (Å²) in [5, 5.41) is 16.2. The number of carbonyl (C=O) groups is 1. The van der Waals surface area contributed by atoms with Gasteiger partial charge in [0.25, 0.3) is 0 Å². The van der Waals surface area contributed by atoms with Gasteiger partial charge in [-0.15, -0.1) is 0 Å². The summed E-state index contributed by atoms with van der Waals surface area (Å²) in [5.74, 6) is 0.332. The van der Waals surface area contributed by atoms with Gasteiger partial charge in [0.1, 0.15) is 17.3 Å². The molecule has 6 nitrogen and oxygen atoms in total. The fourth-order valence-electron chi connectivity index (χ4n) is 2.23. The van der Waals surface area contributed by atoms with Crippen LogP contribution in [-0.4, -0.2) is 21.2 Å². The molecule has 0 aliphatic rings. The first-order valence-electron chi connectivity index (χ1n) is 7.09. The molecule has 1 aromatic carbocycles. The molecular formula is C17H15N3O3. The second kappa shape index (κ2) is 6.31. The van der Waals surface area contributed by atoms with Crippen LogP contribution in [0.4, 0.5) is 5.82 Å². The molecule has 0 fully saturated rings. The second-order valence-electron chi connectivity index (χ2n) is 5.02. The number of hydrogen-bond donors (Lipinski definition) is 2. The number of aryl methyl sites for hydroxylation is 1. The number of carboxylic acids is 1.